The molecule has 31 heavy (non-hydrogen) atoms. The molecule has 0 saturated carbocycles. The Morgan fingerprint density at radius 1 is 1.23 bits per heavy atom. The van der Waals surface area contributed by atoms with Crippen molar-refractivity contribution in [1.29, 1.82) is 0 Å². The fourth-order valence-corrected chi connectivity index (χ4v) is 3.24. The van der Waals surface area contributed by atoms with Crippen LogP contribution >= 0.6 is 0 Å². The Labute approximate surface area is 178 Å². The summed E-state index contributed by atoms with van der Waals surface area (Å²) in [6.07, 6.45) is 1.46. The molecular formula is C21H24FN3O6. The lowest BCUT2D eigenvalue weighted by atomic mass is 10.2. The quantitative estimate of drug-likeness (QED) is 0.486. The third-order valence-electron chi connectivity index (χ3n) is 4.79. The first kappa shape index (κ1) is 22.1. The van der Waals surface area contributed by atoms with Crippen LogP contribution in [0.5, 0.6) is 11.5 Å². The number of nitrogens with zero attached hydrogens (tertiary/aromatic N) is 3. The van der Waals surface area contributed by atoms with Gasteiger partial charge in [-0.3, -0.25) is 24.1 Å². The number of ether oxygens (including phenoxy) is 3. The minimum Gasteiger partial charge on any atom is -0.494 e. The Hall–Kier alpha value is -3.56. The molecule has 10 heteroatoms. The average Bonchev–Trinajstić information content (AvgIpc) is 2.71. The van der Waals surface area contributed by atoms with Crippen LogP contribution in [0.4, 0.5) is 4.39 Å². The first-order valence-electron chi connectivity index (χ1n) is 9.63. The second-order valence-corrected chi connectivity index (χ2v) is 7.24. The van der Waals surface area contributed by atoms with Gasteiger partial charge in [-0.1, -0.05) is 6.07 Å². The Morgan fingerprint density at radius 3 is 2.58 bits per heavy atom. The molecule has 1 aliphatic heterocycles. The van der Waals surface area contributed by atoms with Crippen molar-refractivity contribution < 1.29 is 28.2 Å². The van der Waals surface area contributed by atoms with E-state index in [1.54, 1.807) is 16.0 Å². The smallest absolute Gasteiger partial charge is 0.305 e. The third-order valence-corrected chi connectivity index (χ3v) is 4.79. The van der Waals surface area contributed by atoms with E-state index >= 15 is 0 Å². The van der Waals surface area contributed by atoms with Gasteiger partial charge in [-0.05, 0) is 31.5 Å². The predicted molar refractivity (Wildman–Crippen MR) is 109 cm³/mol. The summed E-state index contributed by atoms with van der Waals surface area (Å²) >= 11 is 0. The Morgan fingerprint density at radius 2 is 1.97 bits per heavy atom. The molecule has 0 N–H and O–H groups in total. The van der Waals surface area contributed by atoms with Crippen LogP contribution in [0, 0.1) is 5.82 Å². The number of methoxy groups -OCH3 is 1. The van der Waals surface area contributed by atoms with Crippen LogP contribution in [0.3, 0.4) is 0 Å². The van der Waals surface area contributed by atoms with Crippen molar-refractivity contribution in [3.05, 3.63) is 57.8 Å². The highest BCUT2D eigenvalue weighted by molar-refractivity contribution is 5.96. The van der Waals surface area contributed by atoms with Crippen molar-refractivity contribution in [3.8, 4) is 11.5 Å². The molecular weight excluding hydrogens is 409 g/mol. The lowest BCUT2D eigenvalue weighted by molar-refractivity contribution is -0.147. The largest absolute Gasteiger partial charge is 0.494 e. The first-order chi connectivity index (χ1) is 14.7. The summed E-state index contributed by atoms with van der Waals surface area (Å²) in [6, 6.07) is 5.69. The summed E-state index contributed by atoms with van der Waals surface area (Å²) in [5.41, 5.74) is 0.129. The third kappa shape index (κ3) is 4.62. The Kier molecular flexibility index (Phi) is 6.47. The fraction of sp³-hybridized carbons (Fsp3) is 0.381. The molecule has 0 saturated heterocycles. The number of carbonyl (C=O) groups is 2. The molecule has 0 fully saturated rings. The maximum Gasteiger partial charge on any atom is 0.305 e. The van der Waals surface area contributed by atoms with Crippen molar-refractivity contribution in [2.75, 3.05) is 25.6 Å². The maximum absolute atomic E-state index is 14.2. The number of rotatable bonds is 7. The minimum atomic E-state index is -0.580. The second-order valence-electron chi connectivity index (χ2n) is 7.24. The van der Waals surface area contributed by atoms with Crippen LogP contribution in [0.15, 0.2) is 35.3 Å². The zero-order valence-electron chi connectivity index (χ0n) is 17.8. The zero-order valence-corrected chi connectivity index (χ0v) is 17.8. The first-order valence-corrected chi connectivity index (χ1v) is 9.63. The molecule has 2 heterocycles. The molecule has 3 rings (SSSR count). The van der Waals surface area contributed by atoms with E-state index < -0.39 is 29.9 Å². The number of esters is 1. The molecule has 0 bridgehead atoms. The Balaban J connectivity index is 2.02. The topological polar surface area (TPSA) is 90.3 Å². The highest BCUT2D eigenvalue weighted by Gasteiger charge is 2.34. The van der Waals surface area contributed by atoms with E-state index in [1.807, 2.05) is 13.8 Å². The Bertz CT molecular complexity index is 1050. The summed E-state index contributed by atoms with van der Waals surface area (Å²) in [5, 5.41) is 1.77. The standard InChI is InChI=1S/C21H24FN3O6/c1-13(2)24-11-23(10-15-5-6-18(29-4)16(22)9-15)25-8-7-17(27)20(19(25)21(24)28)31-12-30-14(3)26/h5-9,13H,10-12H2,1-4H3. The van der Waals surface area contributed by atoms with Crippen molar-refractivity contribution in [2.24, 2.45) is 0 Å². The summed E-state index contributed by atoms with van der Waals surface area (Å²) in [7, 11) is 1.39. The van der Waals surface area contributed by atoms with E-state index in [4.69, 9.17) is 14.2 Å². The van der Waals surface area contributed by atoms with E-state index in [1.165, 1.54) is 43.1 Å². The average molecular weight is 433 g/mol. The van der Waals surface area contributed by atoms with Crippen molar-refractivity contribution in [1.82, 2.24) is 9.58 Å². The van der Waals surface area contributed by atoms with E-state index in [-0.39, 0.29) is 36.4 Å². The van der Waals surface area contributed by atoms with Gasteiger partial charge in [-0.25, -0.2) is 4.39 Å². The van der Waals surface area contributed by atoms with Gasteiger partial charge in [-0.15, -0.1) is 0 Å². The van der Waals surface area contributed by atoms with E-state index in [0.29, 0.717) is 5.56 Å². The molecule has 1 amide bonds. The summed E-state index contributed by atoms with van der Waals surface area (Å²) in [6.45, 7) is 4.86. The fourth-order valence-electron chi connectivity index (χ4n) is 3.24. The van der Waals surface area contributed by atoms with Crippen LogP contribution in [-0.2, 0) is 16.1 Å². The molecule has 0 spiro atoms. The molecule has 9 nitrogen and oxygen atoms in total. The second kappa shape index (κ2) is 9.07. The van der Waals surface area contributed by atoms with E-state index in [9.17, 15) is 18.8 Å². The van der Waals surface area contributed by atoms with Crippen LogP contribution in [0.2, 0.25) is 0 Å². The predicted octanol–water partition coefficient (Wildman–Crippen LogP) is 1.86. The van der Waals surface area contributed by atoms with Crippen molar-refractivity contribution in [3.63, 3.8) is 0 Å². The maximum atomic E-state index is 14.2. The van der Waals surface area contributed by atoms with Gasteiger partial charge in [-0.2, -0.15) is 0 Å². The van der Waals surface area contributed by atoms with Gasteiger partial charge in [0.05, 0.1) is 13.7 Å². The van der Waals surface area contributed by atoms with Gasteiger partial charge < -0.3 is 19.1 Å². The van der Waals surface area contributed by atoms with Crippen LogP contribution in [0.25, 0.3) is 0 Å². The SMILES string of the molecule is COc1ccc(CN2CN(C(C)C)C(=O)c3c(OCOC(C)=O)c(=O)ccn32)cc1F. The summed E-state index contributed by atoms with van der Waals surface area (Å²) in [5.74, 6) is -1.57. The number of halogens is 1. The van der Waals surface area contributed by atoms with Crippen molar-refractivity contribution in [2.45, 2.75) is 33.4 Å². The minimum absolute atomic E-state index is 0.00795. The number of fused-ring (bicyclic) bond motifs is 1. The highest BCUT2D eigenvalue weighted by Crippen LogP contribution is 2.25. The zero-order chi connectivity index (χ0) is 22.7. The van der Waals surface area contributed by atoms with Crippen LogP contribution < -0.4 is 19.9 Å². The molecule has 0 atom stereocenters. The monoisotopic (exact) mass is 433 g/mol. The van der Waals surface area contributed by atoms with Crippen molar-refractivity contribution >= 4 is 11.9 Å². The number of aromatic nitrogens is 1. The lowest BCUT2D eigenvalue weighted by Gasteiger charge is -2.41. The van der Waals surface area contributed by atoms with Crippen LogP contribution in [-0.4, -0.2) is 48.1 Å². The number of hydrogen-bond donors (Lipinski definition) is 0. The molecule has 1 aromatic heterocycles. The number of hydrogen-bond acceptors (Lipinski definition) is 7. The molecule has 0 unspecified atom stereocenters. The molecule has 0 radical (unpaired) electrons. The number of amides is 1. The van der Waals surface area contributed by atoms with Gasteiger partial charge >= 0.3 is 5.97 Å². The molecule has 1 aliphatic rings. The van der Waals surface area contributed by atoms with Gasteiger partial charge in [0.15, 0.2) is 17.3 Å². The van der Waals surface area contributed by atoms with Gasteiger partial charge in [0, 0.05) is 25.2 Å². The number of pyridine rings is 1. The number of benzene rings is 1. The summed E-state index contributed by atoms with van der Waals surface area (Å²) in [4.78, 5) is 38.2. The highest BCUT2D eigenvalue weighted by atomic mass is 19.1. The van der Waals surface area contributed by atoms with Crippen LogP contribution in [0.1, 0.15) is 36.8 Å². The van der Waals surface area contributed by atoms with Gasteiger partial charge in [0.25, 0.3) is 5.91 Å². The molecule has 1 aromatic carbocycles. The van der Waals surface area contributed by atoms with Gasteiger partial charge in [0.1, 0.15) is 6.67 Å². The van der Waals surface area contributed by atoms with E-state index in [2.05, 4.69) is 0 Å². The van der Waals surface area contributed by atoms with E-state index in [0.717, 1.165) is 0 Å². The molecule has 2 aromatic rings. The normalized spacial score (nSPS) is 13.3. The van der Waals surface area contributed by atoms with Gasteiger partial charge in [0.2, 0.25) is 18.0 Å². The summed E-state index contributed by atoms with van der Waals surface area (Å²) < 4.78 is 30.8. The molecule has 0 aliphatic carbocycles. The lowest BCUT2D eigenvalue weighted by Crippen LogP contribution is -2.55. The molecule has 166 valence electrons. The number of carbonyl (C=O) groups excluding carboxylic acids is 2.